The third-order valence-corrected chi connectivity index (χ3v) is 2.21. The van der Waals surface area contributed by atoms with Gasteiger partial charge in [0, 0.05) is 13.1 Å². The molecule has 0 aromatic heterocycles. The maximum Gasteiger partial charge on any atom is 0.390 e. The van der Waals surface area contributed by atoms with Crippen LogP contribution in [0.2, 0.25) is 0 Å². The van der Waals surface area contributed by atoms with E-state index in [-0.39, 0.29) is 13.1 Å². The number of aliphatic carboxylic acids is 1. The van der Waals surface area contributed by atoms with E-state index in [1.54, 1.807) is 0 Å². The summed E-state index contributed by atoms with van der Waals surface area (Å²) in [7, 11) is 1.48. The molecule has 0 aromatic carbocycles. The lowest BCUT2D eigenvalue weighted by atomic mass is 10.2. The van der Waals surface area contributed by atoms with E-state index in [0.717, 1.165) is 6.42 Å². The highest BCUT2D eigenvalue weighted by molar-refractivity contribution is 5.73. The summed E-state index contributed by atoms with van der Waals surface area (Å²) in [6.45, 7) is 2.29. The quantitative estimate of drug-likeness (QED) is 0.688. The number of alkyl halides is 3. The molecule has 0 aliphatic heterocycles. The maximum absolute atomic E-state index is 12.0. The number of carboxylic acid groups (broad SMARTS) is 1. The number of carboxylic acids is 1. The number of likely N-dealkylation sites (N-methyl/N-ethyl adjacent to an activating group) is 1. The summed E-state index contributed by atoms with van der Waals surface area (Å²) in [6.07, 6.45) is -4.36. The molecule has 4 nitrogen and oxygen atoms in total. The molecular formula is C10H19F3N2O2. The van der Waals surface area contributed by atoms with Gasteiger partial charge in [0.1, 0.15) is 6.04 Å². The molecule has 0 aliphatic rings. The highest BCUT2D eigenvalue weighted by atomic mass is 19.4. The Morgan fingerprint density at radius 2 is 2.06 bits per heavy atom. The average Bonchev–Trinajstić information content (AvgIpc) is 2.19. The molecule has 0 radical (unpaired) electrons. The van der Waals surface area contributed by atoms with Gasteiger partial charge >= 0.3 is 12.1 Å². The molecule has 0 spiro atoms. The molecule has 0 aliphatic carbocycles. The van der Waals surface area contributed by atoms with Gasteiger partial charge in [-0.2, -0.15) is 13.2 Å². The highest BCUT2D eigenvalue weighted by Gasteiger charge is 2.28. The van der Waals surface area contributed by atoms with Gasteiger partial charge in [-0.1, -0.05) is 6.92 Å². The van der Waals surface area contributed by atoms with Gasteiger partial charge in [0.2, 0.25) is 0 Å². The predicted molar refractivity (Wildman–Crippen MR) is 57.9 cm³/mol. The van der Waals surface area contributed by atoms with Crippen LogP contribution in [-0.4, -0.2) is 54.9 Å². The van der Waals surface area contributed by atoms with Crippen molar-refractivity contribution in [2.24, 2.45) is 0 Å². The number of rotatable bonds is 8. The third kappa shape index (κ3) is 8.93. The monoisotopic (exact) mass is 256 g/mol. The van der Waals surface area contributed by atoms with Crippen molar-refractivity contribution in [3.05, 3.63) is 0 Å². The standard InChI is InChI=1S/C10H19F3N2O2/c1-3-5-14-8(9(16)17)7-15(2)6-4-10(11,12)13/h8,14H,3-7H2,1-2H3,(H,16,17). The Labute approximate surface area is 98.8 Å². The van der Waals surface area contributed by atoms with Crippen LogP contribution in [0.25, 0.3) is 0 Å². The second-order valence-electron chi connectivity index (χ2n) is 3.97. The number of hydrogen-bond donors (Lipinski definition) is 2. The minimum Gasteiger partial charge on any atom is -0.480 e. The summed E-state index contributed by atoms with van der Waals surface area (Å²) in [5, 5.41) is 11.6. The zero-order valence-electron chi connectivity index (χ0n) is 10.0. The Kier molecular flexibility index (Phi) is 7.13. The van der Waals surface area contributed by atoms with Crippen LogP contribution in [0, 0.1) is 0 Å². The van der Waals surface area contributed by atoms with E-state index in [0.29, 0.717) is 6.54 Å². The number of nitrogens with one attached hydrogen (secondary N) is 1. The summed E-state index contributed by atoms with van der Waals surface area (Å²) in [5.74, 6) is -1.04. The third-order valence-electron chi connectivity index (χ3n) is 2.21. The van der Waals surface area contributed by atoms with E-state index in [2.05, 4.69) is 5.32 Å². The van der Waals surface area contributed by atoms with Crippen LogP contribution in [-0.2, 0) is 4.79 Å². The summed E-state index contributed by atoms with van der Waals surface area (Å²) in [5.41, 5.74) is 0. The largest absolute Gasteiger partial charge is 0.480 e. The molecule has 0 saturated heterocycles. The molecule has 0 heterocycles. The first-order valence-electron chi connectivity index (χ1n) is 5.47. The van der Waals surface area contributed by atoms with E-state index >= 15 is 0 Å². The summed E-state index contributed by atoms with van der Waals surface area (Å²) < 4.78 is 35.9. The van der Waals surface area contributed by atoms with Gasteiger partial charge in [0.15, 0.2) is 0 Å². The van der Waals surface area contributed by atoms with Gasteiger partial charge < -0.3 is 15.3 Å². The Hall–Kier alpha value is -0.820. The SMILES string of the molecule is CCCNC(CN(C)CCC(F)(F)F)C(=O)O. The molecule has 0 saturated carbocycles. The predicted octanol–water partition coefficient (Wildman–Crippen LogP) is 1.32. The Morgan fingerprint density at radius 3 is 2.47 bits per heavy atom. The number of nitrogens with zero attached hydrogens (tertiary/aromatic N) is 1. The van der Waals surface area contributed by atoms with Gasteiger partial charge in [-0.25, -0.2) is 0 Å². The Morgan fingerprint density at radius 1 is 1.47 bits per heavy atom. The fourth-order valence-corrected chi connectivity index (χ4v) is 1.27. The maximum atomic E-state index is 12.0. The molecule has 0 aromatic rings. The van der Waals surface area contributed by atoms with E-state index in [9.17, 15) is 18.0 Å². The fraction of sp³-hybridized carbons (Fsp3) is 0.900. The zero-order chi connectivity index (χ0) is 13.5. The number of halogens is 3. The van der Waals surface area contributed by atoms with Crippen LogP contribution in [0.5, 0.6) is 0 Å². The van der Waals surface area contributed by atoms with Gasteiger partial charge in [0.25, 0.3) is 0 Å². The molecular weight excluding hydrogens is 237 g/mol. The summed E-state index contributed by atoms with van der Waals surface area (Å²) in [4.78, 5) is 12.2. The first-order chi connectivity index (χ1) is 7.76. The van der Waals surface area contributed by atoms with Crippen LogP contribution in [0.15, 0.2) is 0 Å². The van der Waals surface area contributed by atoms with Crippen molar-refractivity contribution in [1.82, 2.24) is 10.2 Å². The highest BCUT2D eigenvalue weighted by Crippen LogP contribution is 2.19. The number of carbonyl (C=O) groups is 1. The smallest absolute Gasteiger partial charge is 0.390 e. The van der Waals surface area contributed by atoms with Gasteiger partial charge in [-0.3, -0.25) is 4.79 Å². The van der Waals surface area contributed by atoms with Crippen LogP contribution in [0.1, 0.15) is 19.8 Å². The van der Waals surface area contributed by atoms with Crippen molar-refractivity contribution in [1.29, 1.82) is 0 Å². The van der Waals surface area contributed by atoms with Crippen molar-refractivity contribution in [2.75, 3.05) is 26.7 Å². The lowest BCUT2D eigenvalue weighted by Crippen LogP contribution is -2.45. The van der Waals surface area contributed by atoms with Crippen molar-refractivity contribution >= 4 is 5.97 Å². The molecule has 0 fully saturated rings. The summed E-state index contributed by atoms with van der Waals surface area (Å²) >= 11 is 0. The van der Waals surface area contributed by atoms with E-state index in [1.165, 1.54) is 11.9 Å². The molecule has 102 valence electrons. The van der Waals surface area contributed by atoms with Crippen LogP contribution in [0.4, 0.5) is 13.2 Å². The average molecular weight is 256 g/mol. The molecule has 0 bridgehead atoms. The molecule has 1 atom stereocenters. The summed E-state index contributed by atoms with van der Waals surface area (Å²) in [6, 6.07) is -0.826. The zero-order valence-corrected chi connectivity index (χ0v) is 10.0. The van der Waals surface area contributed by atoms with Crippen molar-refractivity contribution in [3.63, 3.8) is 0 Å². The van der Waals surface area contributed by atoms with Crippen molar-refractivity contribution in [2.45, 2.75) is 32.0 Å². The second kappa shape index (κ2) is 7.50. The topological polar surface area (TPSA) is 52.6 Å². The molecule has 0 rings (SSSR count). The second-order valence-corrected chi connectivity index (χ2v) is 3.97. The molecule has 17 heavy (non-hydrogen) atoms. The molecule has 0 amide bonds. The Bertz CT molecular complexity index is 234. The van der Waals surface area contributed by atoms with Gasteiger partial charge in [0.05, 0.1) is 6.42 Å². The van der Waals surface area contributed by atoms with Gasteiger partial charge in [-0.05, 0) is 20.0 Å². The first-order valence-corrected chi connectivity index (χ1v) is 5.47. The van der Waals surface area contributed by atoms with E-state index in [4.69, 9.17) is 5.11 Å². The number of hydrogen-bond acceptors (Lipinski definition) is 3. The minimum atomic E-state index is -4.20. The van der Waals surface area contributed by atoms with Crippen molar-refractivity contribution in [3.8, 4) is 0 Å². The lowest BCUT2D eigenvalue weighted by molar-refractivity contribution is -0.141. The van der Waals surface area contributed by atoms with Crippen molar-refractivity contribution < 1.29 is 23.1 Å². The van der Waals surface area contributed by atoms with Crippen LogP contribution < -0.4 is 5.32 Å². The van der Waals surface area contributed by atoms with E-state index in [1.807, 2.05) is 6.92 Å². The van der Waals surface area contributed by atoms with Gasteiger partial charge in [-0.15, -0.1) is 0 Å². The van der Waals surface area contributed by atoms with E-state index < -0.39 is 24.6 Å². The molecule has 2 N–H and O–H groups in total. The minimum absolute atomic E-state index is 0.0609. The molecule has 7 heteroatoms. The Balaban J connectivity index is 4.03. The molecule has 1 unspecified atom stereocenters. The fourth-order valence-electron chi connectivity index (χ4n) is 1.27. The van der Waals surface area contributed by atoms with Crippen LogP contribution >= 0.6 is 0 Å². The van der Waals surface area contributed by atoms with Crippen LogP contribution in [0.3, 0.4) is 0 Å². The lowest BCUT2D eigenvalue weighted by Gasteiger charge is -2.22. The normalized spacial score (nSPS) is 14.0. The first kappa shape index (κ1) is 16.2.